The normalized spacial score (nSPS) is 21.7. The molecule has 1 saturated heterocycles. The van der Waals surface area contributed by atoms with E-state index in [-0.39, 0.29) is 12.1 Å². The molecule has 2 aromatic carbocycles. The molecule has 0 aromatic heterocycles. The van der Waals surface area contributed by atoms with Crippen LogP contribution in [0.4, 0.5) is 0 Å². The minimum atomic E-state index is -0.368. The molecule has 0 aliphatic carbocycles. The summed E-state index contributed by atoms with van der Waals surface area (Å²) < 4.78 is 5.92. The maximum atomic E-state index is 6.37. The highest BCUT2D eigenvalue weighted by Crippen LogP contribution is 2.31. The molecular formula is C27H35N7O2. The fourth-order valence-electron chi connectivity index (χ4n) is 4.41. The van der Waals surface area contributed by atoms with Crippen LogP contribution in [0.25, 0.3) is 0 Å². The Morgan fingerprint density at radius 3 is 2.42 bits per heavy atom. The number of nitrogens with one attached hydrogen (secondary N) is 1. The van der Waals surface area contributed by atoms with E-state index in [4.69, 9.17) is 15.6 Å². The quantitative estimate of drug-likeness (QED) is 0.352. The van der Waals surface area contributed by atoms with Crippen LogP contribution in [0.1, 0.15) is 18.4 Å². The minimum absolute atomic E-state index is 0.115. The fraction of sp³-hybridized carbons (Fsp3) is 0.370. The number of amidine groups is 1. The lowest BCUT2D eigenvalue weighted by Crippen LogP contribution is -2.47. The van der Waals surface area contributed by atoms with Crippen molar-refractivity contribution in [1.29, 1.82) is 0 Å². The summed E-state index contributed by atoms with van der Waals surface area (Å²) in [6.45, 7) is 6.13. The molecule has 2 aromatic rings. The van der Waals surface area contributed by atoms with Crippen LogP contribution in [0.5, 0.6) is 11.5 Å². The van der Waals surface area contributed by atoms with E-state index in [2.05, 4.69) is 43.8 Å². The molecule has 9 nitrogen and oxygen atoms in total. The zero-order valence-electron chi connectivity index (χ0n) is 21.0. The standard InChI is InChI=1S/C23H26N6O.C4H9NO/c1-28-13-11-17(12-14-28)29-23-20(22(24)25-15-26-23)21(27-29)16-7-9-19(10-8-16)30-18-5-3-2-4-6-18;1-3-4-6-5-2/h2-10,15,17,20,22H,11-14,24H2,1H3;3,5H,1,4H2,2H3. The number of piperidine rings is 1. The molecule has 0 amide bonds. The SMILES string of the molecule is C=CCONC.CN1CCC(N2N=C(c3ccc(Oc4ccccc4)cc3)C3C2=NC=NC3N)CC1. The molecule has 2 unspecified atom stereocenters. The third kappa shape index (κ3) is 6.24. The van der Waals surface area contributed by atoms with E-state index in [1.54, 1.807) is 19.5 Å². The number of benzene rings is 2. The molecule has 0 bridgehead atoms. The number of hydroxylamine groups is 1. The van der Waals surface area contributed by atoms with Crippen molar-refractivity contribution < 1.29 is 9.57 Å². The number of hydrazone groups is 1. The molecule has 0 radical (unpaired) electrons. The lowest BCUT2D eigenvalue weighted by atomic mass is 9.93. The smallest absolute Gasteiger partial charge is 0.139 e. The molecule has 3 N–H and O–H groups in total. The summed E-state index contributed by atoms with van der Waals surface area (Å²) in [5.41, 5.74) is 10.8. The van der Waals surface area contributed by atoms with Gasteiger partial charge in [0.15, 0.2) is 0 Å². The van der Waals surface area contributed by atoms with Crippen LogP contribution in [-0.4, -0.2) is 73.8 Å². The van der Waals surface area contributed by atoms with Gasteiger partial charge in [0.1, 0.15) is 29.8 Å². The number of rotatable bonds is 7. The number of hydrogen-bond acceptors (Lipinski definition) is 9. The van der Waals surface area contributed by atoms with Crippen molar-refractivity contribution in [3.05, 3.63) is 72.8 Å². The average Bonchev–Trinajstić information content (AvgIpc) is 3.30. The third-order valence-electron chi connectivity index (χ3n) is 6.30. The maximum absolute atomic E-state index is 6.37. The van der Waals surface area contributed by atoms with E-state index in [0.717, 1.165) is 54.5 Å². The van der Waals surface area contributed by atoms with Crippen molar-refractivity contribution in [3.63, 3.8) is 0 Å². The van der Waals surface area contributed by atoms with Crippen molar-refractivity contribution in [1.82, 2.24) is 15.4 Å². The first kappa shape index (κ1) is 25.7. The third-order valence-corrected chi connectivity index (χ3v) is 6.30. The Bertz CT molecular complexity index is 1080. The largest absolute Gasteiger partial charge is 0.457 e. The molecule has 3 aliphatic rings. The fourth-order valence-corrected chi connectivity index (χ4v) is 4.41. The first-order valence-corrected chi connectivity index (χ1v) is 12.2. The Morgan fingerprint density at radius 1 is 1.08 bits per heavy atom. The summed E-state index contributed by atoms with van der Waals surface area (Å²) in [6, 6.07) is 18.1. The second kappa shape index (κ2) is 12.5. The molecule has 9 heteroatoms. The van der Waals surface area contributed by atoms with Gasteiger partial charge in [-0.15, -0.1) is 6.58 Å². The molecular weight excluding hydrogens is 454 g/mol. The van der Waals surface area contributed by atoms with Crippen molar-refractivity contribution >= 4 is 17.9 Å². The first-order chi connectivity index (χ1) is 17.6. The Labute approximate surface area is 213 Å². The summed E-state index contributed by atoms with van der Waals surface area (Å²) >= 11 is 0. The van der Waals surface area contributed by atoms with E-state index >= 15 is 0 Å². The average molecular weight is 490 g/mol. The summed E-state index contributed by atoms with van der Waals surface area (Å²) in [6.07, 6.45) is 5.02. The van der Waals surface area contributed by atoms with Gasteiger partial charge in [-0.05, 0) is 74.9 Å². The van der Waals surface area contributed by atoms with E-state index in [1.807, 2.05) is 54.6 Å². The zero-order valence-corrected chi connectivity index (χ0v) is 21.0. The van der Waals surface area contributed by atoms with Crippen LogP contribution in [0.2, 0.25) is 0 Å². The van der Waals surface area contributed by atoms with Crippen LogP contribution in [0.3, 0.4) is 0 Å². The number of nitrogens with two attached hydrogens (primary N) is 1. The molecule has 190 valence electrons. The first-order valence-electron chi connectivity index (χ1n) is 12.2. The summed E-state index contributed by atoms with van der Waals surface area (Å²) in [7, 11) is 3.88. The van der Waals surface area contributed by atoms with Gasteiger partial charge in [0.05, 0.1) is 24.3 Å². The van der Waals surface area contributed by atoms with Crippen LogP contribution >= 0.6 is 0 Å². The van der Waals surface area contributed by atoms with Crippen LogP contribution in [0.15, 0.2) is 82.3 Å². The maximum Gasteiger partial charge on any atom is 0.139 e. The van der Waals surface area contributed by atoms with Crippen molar-refractivity contribution in [2.45, 2.75) is 25.0 Å². The van der Waals surface area contributed by atoms with Crippen LogP contribution < -0.4 is 16.0 Å². The van der Waals surface area contributed by atoms with E-state index in [1.165, 1.54) is 0 Å². The highest BCUT2D eigenvalue weighted by molar-refractivity contribution is 6.19. The number of para-hydroxylation sites is 1. The number of hydrogen-bond donors (Lipinski definition) is 2. The Morgan fingerprint density at radius 2 is 1.78 bits per heavy atom. The van der Waals surface area contributed by atoms with Gasteiger partial charge in [0, 0.05) is 7.05 Å². The Kier molecular flexibility index (Phi) is 8.96. The summed E-state index contributed by atoms with van der Waals surface area (Å²) in [5, 5.41) is 7.12. The second-order valence-corrected chi connectivity index (χ2v) is 8.83. The van der Waals surface area contributed by atoms with Gasteiger partial charge in [-0.1, -0.05) is 24.3 Å². The van der Waals surface area contributed by atoms with Gasteiger partial charge in [-0.3, -0.25) is 9.83 Å². The van der Waals surface area contributed by atoms with Crippen molar-refractivity contribution in [2.24, 2.45) is 26.7 Å². The molecule has 3 heterocycles. The van der Waals surface area contributed by atoms with Crippen molar-refractivity contribution in [3.8, 4) is 11.5 Å². The van der Waals surface area contributed by atoms with Gasteiger partial charge in [0.25, 0.3) is 0 Å². The van der Waals surface area contributed by atoms with Gasteiger partial charge in [-0.25, -0.2) is 15.5 Å². The van der Waals surface area contributed by atoms with E-state index < -0.39 is 0 Å². The predicted octanol–water partition coefficient (Wildman–Crippen LogP) is 3.26. The van der Waals surface area contributed by atoms with Crippen LogP contribution in [-0.2, 0) is 4.84 Å². The summed E-state index contributed by atoms with van der Waals surface area (Å²) in [5.74, 6) is 2.41. The predicted molar refractivity (Wildman–Crippen MR) is 144 cm³/mol. The van der Waals surface area contributed by atoms with E-state index in [9.17, 15) is 0 Å². The molecule has 36 heavy (non-hydrogen) atoms. The summed E-state index contributed by atoms with van der Waals surface area (Å²) in [4.78, 5) is 15.9. The molecule has 5 rings (SSSR count). The highest BCUT2D eigenvalue weighted by atomic mass is 16.6. The number of fused-ring (bicyclic) bond motifs is 1. The number of nitrogens with zero attached hydrogens (tertiary/aromatic N) is 5. The highest BCUT2D eigenvalue weighted by Gasteiger charge is 2.42. The van der Waals surface area contributed by atoms with Gasteiger partial charge in [-0.2, -0.15) is 5.10 Å². The van der Waals surface area contributed by atoms with E-state index in [0.29, 0.717) is 12.6 Å². The molecule has 3 aliphatic heterocycles. The molecule has 0 saturated carbocycles. The van der Waals surface area contributed by atoms with Crippen LogP contribution in [0, 0.1) is 5.92 Å². The Hall–Kier alpha value is -3.37. The monoisotopic (exact) mass is 489 g/mol. The number of likely N-dealkylation sites (tertiary alicyclic amines) is 1. The molecule has 0 spiro atoms. The lowest BCUT2D eigenvalue weighted by Gasteiger charge is -2.35. The Balaban J connectivity index is 0.000000455. The molecule has 2 atom stereocenters. The van der Waals surface area contributed by atoms with Gasteiger partial charge in [0.2, 0.25) is 0 Å². The minimum Gasteiger partial charge on any atom is -0.457 e. The van der Waals surface area contributed by atoms with Crippen molar-refractivity contribution in [2.75, 3.05) is 33.8 Å². The molecule has 1 fully saturated rings. The topological polar surface area (TPSA) is 100 Å². The van der Waals surface area contributed by atoms with Gasteiger partial charge < -0.3 is 15.4 Å². The lowest BCUT2D eigenvalue weighted by molar-refractivity contribution is 0.0812. The number of ether oxygens (including phenoxy) is 1. The number of aliphatic imine (C=N–C) groups is 2. The van der Waals surface area contributed by atoms with Gasteiger partial charge >= 0.3 is 0 Å². The second-order valence-electron chi connectivity index (χ2n) is 8.83. The zero-order chi connectivity index (χ0) is 25.3.